The number of carbonyl (C=O) groups is 2. The molecule has 0 radical (unpaired) electrons. The molecule has 0 aromatic heterocycles. The van der Waals surface area contributed by atoms with Crippen molar-refractivity contribution in [2.75, 3.05) is 13.3 Å². The van der Waals surface area contributed by atoms with E-state index in [2.05, 4.69) is 15.8 Å². The van der Waals surface area contributed by atoms with Crippen LogP contribution in [-0.4, -0.2) is 31.4 Å². The molecule has 7 nitrogen and oxygen atoms in total. The first-order valence-electron chi connectivity index (χ1n) is 7.68. The van der Waals surface area contributed by atoms with E-state index in [1.54, 1.807) is 18.2 Å². The lowest BCUT2D eigenvalue weighted by molar-refractivity contribution is -0.120. The summed E-state index contributed by atoms with van der Waals surface area (Å²) in [5.41, 5.74) is 4.77. The second-order valence-corrected chi connectivity index (χ2v) is 5.45. The third-order valence-electron chi connectivity index (χ3n) is 3.52. The number of carbonyl (C=O) groups excluding carboxylic acids is 2. The van der Waals surface area contributed by atoms with Gasteiger partial charge in [-0.05, 0) is 30.7 Å². The molecule has 2 N–H and O–H groups in total. The predicted molar refractivity (Wildman–Crippen MR) is 91.8 cm³/mol. The number of ether oxygens (including phenoxy) is 2. The third-order valence-corrected chi connectivity index (χ3v) is 3.52. The van der Waals surface area contributed by atoms with Crippen LogP contribution in [0.1, 0.15) is 21.5 Å². The van der Waals surface area contributed by atoms with Crippen LogP contribution < -0.4 is 20.2 Å². The lowest BCUT2D eigenvalue weighted by Gasteiger charge is -2.05. The maximum Gasteiger partial charge on any atom is 0.259 e. The summed E-state index contributed by atoms with van der Waals surface area (Å²) >= 11 is 0. The molecule has 0 unspecified atom stereocenters. The van der Waals surface area contributed by atoms with Gasteiger partial charge in [0.25, 0.3) is 11.8 Å². The van der Waals surface area contributed by atoms with E-state index in [0.29, 0.717) is 17.1 Å². The molecule has 0 saturated heterocycles. The SMILES string of the molecule is Cc1ccc(/C=N\NC(=O)CNC(=O)c2ccc3c(c2)OCO3)cc1. The summed E-state index contributed by atoms with van der Waals surface area (Å²) in [4.78, 5) is 23.8. The average Bonchev–Trinajstić information content (AvgIpc) is 3.09. The normalized spacial score (nSPS) is 12.2. The Morgan fingerprint density at radius 1 is 1.12 bits per heavy atom. The van der Waals surface area contributed by atoms with Gasteiger partial charge in [-0.25, -0.2) is 5.43 Å². The predicted octanol–water partition coefficient (Wildman–Crippen LogP) is 1.60. The maximum atomic E-state index is 12.1. The van der Waals surface area contributed by atoms with E-state index in [4.69, 9.17) is 9.47 Å². The van der Waals surface area contributed by atoms with Crippen LogP contribution in [0.5, 0.6) is 11.5 Å². The van der Waals surface area contributed by atoms with Crippen LogP contribution in [0.4, 0.5) is 0 Å². The first-order chi connectivity index (χ1) is 12.1. The van der Waals surface area contributed by atoms with Gasteiger partial charge in [0, 0.05) is 5.56 Å². The number of hydrogen-bond acceptors (Lipinski definition) is 5. The molecule has 0 saturated carbocycles. The highest BCUT2D eigenvalue weighted by Crippen LogP contribution is 2.32. The largest absolute Gasteiger partial charge is 0.454 e. The third kappa shape index (κ3) is 4.35. The summed E-state index contributed by atoms with van der Waals surface area (Å²) in [5.74, 6) is 0.313. The van der Waals surface area contributed by atoms with Crippen molar-refractivity contribution in [1.29, 1.82) is 0 Å². The smallest absolute Gasteiger partial charge is 0.259 e. The number of nitrogens with one attached hydrogen (secondary N) is 2. The minimum Gasteiger partial charge on any atom is -0.454 e. The van der Waals surface area contributed by atoms with Crippen molar-refractivity contribution < 1.29 is 19.1 Å². The molecule has 0 fully saturated rings. The Hall–Kier alpha value is -3.35. The van der Waals surface area contributed by atoms with Gasteiger partial charge in [0.1, 0.15) is 0 Å². The fourth-order valence-corrected chi connectivity index (χ4v) is 2.17. The number of amides is 2. The number of hydrogen-bond donors (Lipinski definition) is 2. The van der Waals surface area contributed by atoms with Crippen LogP contribution in [-0.2, 0) is 4.79 Å². The number of fused-ring (bicyclic) bond motifs is 1. The van der Waals surface area contributed by atoms with Crippen molar-refractivity contribution in [3.8, 4) is 11.5 Å². The van der Waals surface area contributed by atoms with Gasteiger partial charge in [0.05, 0.1) is 12.8 Å². The molecule has 0 aliphatic carbocycles. The van der Waals surface area contributed by atoms with Gasteiger partial charge in [-0.2, -0.15) is 5.10 Å². The van der Waals surface area contributed by atoms with E-state index in [-0.39, 0.29) is 19.2 Å². The highest BCUT2D eigenvalue weighted by Gasteiger charge is 2.16. The number of benzene rings is 2. The highest BCUT2D eigenvalue weighted by molar-refractivity contribution is 5.97. The molecule has 2 aromatic carbocycles. The summed E-state index contributed by atoms with van der Waals surface area (Å²) in [5, 5.41) is 6.38. The fourth-order valence-electron chi connectivity index (χ4n) is 2.17. The van der Waals surface area contributed by atoms with Crippen molar-refractivity contribution in [3.63, 3.8) is 0 Å². The summed E-state index contributed by atoms with van der Waals surface area (Å²) < 4.78 is 10.4. The molecule has 2 amide bonds. The van der Waals surface area contributed by atoms with Crippen LogP contribution in [0.15, 0.2) is 47.6 Å². The Balaban J connectivity index is 1.47. The van der Waals surface area contributed by atoms with Crippen LogP contribution in [0.2, 0.25) is 0 Å². The Morgan fingerprint density at radius 2 is 1.88 bits per heavy atom. The van der Waals surface area contributed by atoms with Gasteiger partial charge < -0.3 is 14.8 Å². The Bertz CT molecular complexity index is 816. The minimum absolute atomic E-state index is 0.141. The molecule has 7 heteroatoms. The second kappa shape index (κ2) is 7.48. The molecule has 1 aliphatic heterocycles. The van der Waals surface area contributed by atoms with Gasteiger partial charge in [-0.1, -0.05) is 29.8 Å². The van der Waals surface area contributed by atoms with Crippen LogP contribution in [0.3, 0.4) is 0 Å². The molecule has 0 atom stereocenters. The number of aryl methyl sites for hydroxylation is 1. The molecule has 0 bridgehead atoms. The summed E-state index contributed by atoms with van der Waals surface area (Å²) in [7, 11) is 0. The number of nitrogens with zero attached hydrogens (tertiary/aromatic N) is 1. The van der Waals surface area contributed by atoms with E-state index in [0.717, 1.165) is 11.1 Å². The minimum atomic E-state index is -0.419. The van der Waals surface area contributed by atoms with Crippen LogP contribution in [0.25, 0.3) is 0 Å². The van der Waals surface area contributed by atoms with Crippen LogP contribution in [0, 0.1) is 6.92 Å². The molecular weight excluding hydrogens is 322 g/mol. The molecule has 25 heavy (non-hydrogen) atoms. The van der Waals surface area contributed by atoms with Crippen molar-refractivity contribution in [2.24, 2.45) is 5.10 Å². The van der Waals surface area contributed by atoms with E-state index < -0.39 is 5.91 Å². The van der Waals surface area contributed by atoms with E-state index in [1.807, 2.05) is 31.2 Å². The fraction of sp³-hybridized carbons (Fsp3) is 0.167. The topological polar surface area (TPSA) is 89.0 Å². The quantitative estimate of drug-likeness (QED) is 0.640. The van der Waals surface area contributed by atoms with E-state index in [1.165, 1.54) is 6.21 Å². The van der Waals surface area contributed by atoms with E-state index >= 15 is 0 Å². The zero-order chi connectivity index (χ0) is 17.6. The summed E-state index contributed by atoms with van der Waals surface area (Å²) in [6, 6.07) is 12.5. The van der Waals surface area contributed by atoms with Crippen molar-refractivity contribution in [3.05, 3.63) is 59.2 Å². The lowest BCUT2D eigenvalue weighted by atomic mass is 10.2. The molecule has 128 valence electrons. The summed E-state index contributed by atoms with van der Waals surface area (Å²) in [6.45, 7) is 1.95. The van der Waals surface area contributed by atoms with Crippen molar-refractivity contribution in [2.45, 2.75) is 6.92 Å². The van der Waals surface area contributed by atoms with Gasteiger partial charge in [-0.3, -0.25) is 9.59 Å². The van der Waals surface area contributed by atoms with Gasteiger partial charge in [0.15, 0.2) is 11.5 Å². The Morgan fingerprint density at radius 3 is 2.68 bits per heavy atom. The first kappa shape index (κ1) is 16.5. The van der Waals surface area contributed by atoms with Crippen molar-refractivity contribution in [1.82, 2.24) is 10.7 Å². The zero-order valence-electron chi connectivity index (χ0n) is 13.6. The Kier molecular flexibility index (Phi) is 4.94. The monoisotopic (exact) mass is 339 g/mol. The van der Waals surface area contributed by atoms with Gasteiger partial charge in [0.2, 0.25) is 6.79 Å². The van der Waals surface area contributed by atoms with E-state index in [9.17, 15) is 9.59 Å². The number of rotatable bonds is 5. The van der Waals surface area contributed by atoms with Crippen LogP contribution >= 0.6 is 0 Å². The zero-order valence-corrected chi connectivity index (χ0v) is 13.6. The standard InChI is InChI=1S/C18H17N3O4/c1-12-2-4-13(5-3-12)9-20-21-17(22)10-19-18(23)14-6-7-15-16(8-14)25-11-24-15/h2-9H,10-11H2,1H3,(H,19,23)(H,21,22)/b20-9-. The Labute approximate surface area is 144 Å². The molecular formula is C18H17N3O4. The molecule has 2 aromatic rings. The molecule has 1 aliphatic rings. The second-order valence-electron chi connectivity index (χ2n) is 5.45. The number of hydrazone groups is 1. The lowest BCUT2D eigenvalue weighted by Crippen LogP contribution is -2.34. The first-order valence-corrected chi connectivity index (χ1v) is 7.68. The molecule has 3 rings (SSSR count). The van der Waals surface area contributed by atoms with Crippen molar-refractivity contribution >= 4 is 18.0 Å². The average molecular weight is 339 g/mol. The molecule has 1 heterocycles. The molecule has 0 spiro atoms. The highest BCUT2D eigenvalue weighted by atomic mass is 16.7. The summed E-state index contributed by atoms with van der Waals surface area (Å²) in [6.07, 6.45) is 1.54. The van der Waals surface area contributed by atoms with Gasteiger partial charge >= 0.3 is 0 Å². The maximum absolute atomic E-state index is 12.1. The van der Waals surface area contributed by atoms with Gasteiger partial charge in [-0.15, -0.1) is 0 Å².